The third-order valence-corrected chi connectivity index (χ3v) is 2.76. The molecule has 16 heavy (non-hydrogen) atoms. The highest BCUT2D eigenvalue weighted by molar-refractivity contribution is 8.13. The zero-order valence-electron chi connectivity index (χ0n) is 7.97. The van der Waals surface area contributed by atoms with Crippen LogP contribution < -0.4 is 0 Å². The van der Waals surface area contributed by atoms with Gasteiger partial charge in [-0.3, -0.25) is 0 Å². The summed E-state index contributed by atoms with van der Waals surface area (Å²) in [7, 11) is 2.07. The Hall–Kier alpha value is -1.65. The second-order valence-corrected chi connectivity index (χ2v) is 5.13. The Bertz CT molecular complexity index is 576. The number of hydrogen-bond donors (Lipinski definition) is 0. The van der Waals surface area contributed by atoms with Gasteiger partial charge >= 0.3 is 5.97 Å². The lowest BCUT2D eigenvalue weighted by Crippen LogP contribution is -2.08. The van der Waals surface area contributed by atoms with E-state index in [0.717, 1.165) is 19.2 Å². The first-order valence-electron chi connectivity index (χ1n) is 3.83. The summed E-state index contributed by atoms with van der Waals surface area (Å²) in [6.07, 6.45) is 0. The predicted octanol–water partition coefficient (Wildman–Crippen LogP) is 0.667. The highest BCUT2D eigenvalue weighted by Crippen LogP contribution is 2.15. The van der Waals surface area contributed by atoms with Crippen molar-refractivity contribution in [2.75, 3.05) is 7.11 Å². The van der Waals surface area contributed by atoms with Gasteiger partial charge in [0.2, 0.25) is 0 Å². The van der Waals surface area contributed by atoms with Crippen molar-refractivity contribution >= 4 is 25.7 Å². The van der Waals surface area contributed by atoms with Crippen LogP contribution in [0.1, 0.15) is 16.1 Å². The summed E-state index contributed by atoms with van der Waals surface area (Å²) < 4.78 is 26.4. The molecule has 0 aliphatic carbocycles. The molecular weight excluding hydrogens is 256 g/mol. The molecule has 0 aliphatic heterocycles. The molecule has 0 aromatic carbocycles. The Labute approximate surface area is 95.8 Å². The molecule has 1 heterocycles. The van der Waals surface area contributed by atoms with Crippen LogP contribution in [-0.4, -0.2) is 26.5 Å². The van der Waals surface area contributed by atoms with Gasteiger partial charge in [0.05, 0.1) is 18.7 Å². The Morgan fingerprint density at radius 2 is 2.19 bits per heavy atom. The molecule has 0 N–H and O–H groups in total. The van der Waals surface area contributed by atoms with E-state index < -0.39 is 20.0 Å². The van der Waals surface area contributed by atoms with Gasteiger partial charge in [0.15, 0.2) is 10.7 Å². The zero-order chi connectivity index (χ0) is 12.3. The van der Waals surface area contributed by atoms with Crippen molar-refractivity contribution in [1.29, 1.82) is 5.26 Å². The minimum atomic E-state index is -4.10. The molecular formula is C8H5ClN2O4S. The van der Waals surface area contributed by atoms with Gasteiger partial charge in [-0.2, -0.15) is 5.26 Å². The molecule has 0 radical (unpaired) electrons. The Morgan fingerprint density at radius 3 is 2.62 bits per heavy atom. The van der Waals surface area contributed by atoms with E-state index in [9.17, 15) is 13.2 Å². The first kappa shape index (κ1) is 12.4. The molecule has 1 aromatic rings. The van der Waals surface area contributed by atoms with Crippen molar-refractivity contribution < 1.29 is 17.9 Å². The Balaban J connectivity index is 3.46. The highest BCUT2D eigenvalue weighted by atomic mass is 35.7. The normalized spacial score (nSPS) is 10.6. The maximum absolute atomic E-state index is 11.1. The molecule has 0 bridgehead atoms. The quantitative estimate of drug-likeness (QED) is 0.573. The molecule has 8 heteroatoms. The van der Waals surface area contributed by atoms with E-state index in [1.54, 1.807) is 6.07 Å². The smallest absolute Gasteiger partial charge is 0.356 e. The molecule has 1 rings (SSSR count). The number of esters is 1. The maximum atomic E-state index is 11.1. The van der Waals surface area contributed by atoms with E-state index in [-0.39, 0.29) is 11.3 Å². The van der Waals surface area contributed by atoms with E-state index in [0.29, 0.717) is 0 Å². The number of carbonyl (C=O) groups is 1. The molecule has 0 saturated heterocycles. The Kier molecular flexibility index (Phi) is 3.47. The molecule has 0 aliphatic rings. The van der Waals surface area contributed by atoms with Crippen LogP contribution >= 0.6 is 10.7 Å². The summed E-state index contributed by atoms with van der Waals surface area (Å²) in [5.41, 5.74) is -0.338. The molecule has 0 atom stereocenters. The molecule has 0 spiro atoms. The third-order valence-electron chi connectivity index (χ3n) is 1.58. The standard InChI is InChI=1S/C8H5ClN2O4S/c1-15-8(12)6-2-5(4-10)3-7(11-6)16(9,13)14/h2-3H,1H3. The van der Waals surface area contributed by atoms with Crippen molar-refractivity contribution in [1.82, 2.24) is 4.98 Å². The van der Waals surface area contributed by atoms with Crippen LogP contribution in [0.15, 0.2) is 17.2 Å². The minimum Gasteiger partial charge on any atom is -0.464 e. The number of methoxy groups -OCH3 is 1. The number of nitrogens with zero attached hydrogens (tertiary/aromatic N) is 2. The van der Waals surface area contributed by atoms with Crippen molar-refractivity contribution in [3.8, 4) is 6.07 Å². The number of nitriles is 1. The molecule has 0 fully saturated rings. The maximum Gasteiger partial charge on any atom is 0.356 e. The fraction of sp³-hybridized carbons (Fsp3) is 0.125. The highest BCUT2D eigenvalue weighted by Gasteiger charge is 2.17. The van der Waals surface area contributed by atoms with E-state index in [2.05, 4.69) is 9.72 Å². The number of rotatable bonds is 2. The minimum absolute atomic E-state index is 0.0466. The number of hydrogen-bond acceptors (Lipinski definition) is 6. The second kappa shape index (κ2) is 4.47. The van der Waals surface area contributed by atoms with E-state index in [4.69, 9.17) is 15.9 Å². The van der Waals surface area contributed by atoms with Crippen molar-refractivity contribution in [2.24, 2.45) is 0 Å². The summed E-state index contributed by atoms with van der Waals surface area (Å²) in [5.74, 6) is -0.848. The molecule has 0 amide bonds. The van der Waals surface area contributed by atoms with Gasteiger partial charge in [-0.1, -0.05) is 0 Å². The summed E-state index contributed by atoms with van der Waals surface area (Å²) >= 11 is 0. The van der Waals surface area contributed by atoms with Crippen LogP contribution in [0.3, 0.4) is 0 Å². The van der Waals surface area contributed by atoms with Crippen molar-refractivity contribution in [2.45, 2.75) is 5.03 Å². The van der Waals surface area contributed by atoms with Crippen LogP contribution in [0, 0.1) is 11.3 Å². The number of carbonyl (C=O) groups excluding carboxylic acids is 1. The summed E-state index contributed by atoms with van der Waals surface area (Å²) in [6, 6.07) is 3.76. The predicted molar refractivity (Wildman–Crippen MR) is 53.3 cm³/mol. The Morgan fingerprint density at radius 1 is 1.56 bits per heavy atom. The van der Waals surface area contributed by atoms with Crippen molar-refractivity contribution in [3.05, 3.63) is 23.4 Å². The number of halogens is 1. The van der Waals surface area contributed by atoms with Gasteiger partial charge in [0.25, 0.3) is 9.05 Å². The monoisotopic (exact) mass is 260 g/mol. The van der Waals surface area contributed by atoms with Gasteiger partial charge in [-0.25, -0.2) is 18.2 Å². The summed E-state index contributed by atoms with van der Waals surface area (Å²) in [6.45, 7) is 0. The van der Waals surface area contributed by atoms with Crippen LogP contribution in [0.2, 0.25) is 0 Å². The number of ether oxygens (including phenoxy) is 1. The average Bonchev–Trinajstić information content (AvgIpc) is 2.26. The molecule has 0 unspecified atom stereocenters. The number of aromatic nitrogens is 1. The lowest BCUT2D eigenvalue weighted by Gasteiger charge is -2.01. The lowest BCUT2D eigenvalue weighted by atomic mass is 10.2. The topological polar surface area (TPSA) is 97.1 Å². The van der Waals surface area contributed by atoms with Crippen LogP contribution in [0.5, 0.6) is 0 Å². The van der Waals surface area contributed by atoms with Gasteiger partial charge in [0, 0.05) is 10.7 Å². The van der Waals surface area contributed by atoms with Crippen LogP contribution in [0.4, 0.5) is 0 Å². The molecule has 0 saturated carbocycles. The second-order valence-electron chi connectivity index (χ2n) is 2.62. The SMILES string of the molecule is COC(=O)c1cc(C#N)cc(S(=O)(=O)Cl)n1. The first-order valence-corrected chi connectivity index (χ1v) is 6.14. The summed E-state index contributed by atoms with van der Waals surface area (Å²) in [4.78, 5) is 14.6. The largest absolute Gasteiger partial charge is 0.464 e. The van der Waals surface area contributed by atoms with E-state index >= 15 is 0 Å². The first-order chi connectivity index (χ1) is 7.38. The zero-order valence-corrected chi connectivity index (χ0v) is 9.54. The summed E-state index contributed by atoms with van der Waals surface area (Å²) in [5, 5.41) is 8.08. The molecule has 1 aromatic heterocycles. The van der Waals surface area contributed by atoms with Gasteiger partial charge < -0.3 is 4.74 Å². The average molecular weight is 261 g/mol. The third kappa shape index (κ3) is 2.68. The fourth-order valence-electron chi connectivity index (χ4n) is 0.904. The molecule has 6 nitrogen and oxygen atoms in total. The lowest BCUT2D eigenvalue weighted by molar-refractivity contribution is 0.0593. The van der Waals surface area contributed by atoms with Crippen LogP contribution in [-0.2, 0) is 13.8 Å². The number of pyridine rings is 1. The van der Waals surface area contributed by atoms with Gasteiger partial charge in [-0.05, 0) is 12.1 Å². The van der Waals surface area contributed by atoms with Gasteiger partial charge in [0.1, 0.15) is 0 Å². The van der Waals surface area contributed by atoms with Crippen molar-refractivity contribution in [3.63, 3.8) is 0 Å². The molecule has 84 valence electrons. The fourth-order valence-corrected chi connectivity index (χ4v) is 1.62. The van der Waals surface area contributed by atoms with E-state index in [1.165, 1.54) is 0 Å². The van der Waals surface area contributed by atoms with Gasteiger partial charge in [-0.15, -0.1) is 0 Å². The van der Waals surface area contributed by atoms with E-state index in [1.807, 2.05) is 0 Å². The van der Waals surface area contributed by atoms with Crippen LogP contribution in [0.25, 0.3) is 0 Å².